The van der Waals surface area contributed by atoms with Gasteiger partial charge in [-0.1, -0.05) is 19.8 Å². The SMILES string of the molecule is CCNCCCCCCn1ccc(C)n1. The average molecular weight is 209 g/mol. The first-order chi connectivity index (χ1) is 7.33. The van der Waals surface area contributed by atoms with Crippen molar-refractivity contribution in [2.24, 2.45) is 0 Å². The van der Waals surface area contributed by atoms with Crippen molar-refractivity contribution in [1.82, 2.24) is 15.1 Å². The first-order valence-corrected chi connectivity index (χ1v) is 6.03. The molecule has 0 spiro atoms. The fraction of sp³-hybridized carbons (Fsp3) is 0.750. The number of hydrogen-bond acceptors (Lipinski definition) is 2. The zero-order valence-corrected chi connectivity index (χ0v) is 10.00. The Morgan fingerprint density at radius 3 is 2.73 bits per heavy atom. The number of nitrogens with zero attached hydrogens (tertiary/aromatic N) is 2. The van der Waals surface area contributed by atoms with E-state index in [4.69, 9.17) is 0 Å². The molecule has 0 amide bonds. The van der Waals surface area contributed by atoms with Gasteiger partial charge in [-0.25, -0.2) is 0 Å². The van der Waals surface area contributed by atoms with Crippen LogP contribution in [-0.4, -0.2) is 22.9 Å². The number of hydrogen-bond donors (Lipinski definition) is 1. The second-order valence-corrected chi connectivity index (χ2v) is 3.99. The van der Waals surface area contributed by atoms with Crippen LogP contribution in [0.1, 0.15) is 38.3 Å². The van der Waals surface area contributed by atoms with Gasteiger partial charge in [0.15, 0.2) is 0 Å². The van der Waals surface area contributed by atoms with E-state index in [0.29, 0.717) is 0 Å². The molecule has 1 rings (SSSR count). The van der Waals surface area contributed by atoms with Crippen molar-refractivity contribution in [3.63, 3.8) is 0 Å². The van der Waals surface area contributed by atoms with E-state index in [9.17, 15) is 0 Å². The summed E-state index contributed by atoms with van der Waals surface area (Å²) in [5.74, 6) is 0. The van der Waals surface area contributed by atoms with Crippen molar-refractivity contribution < 1.29 is 0 Å². The smallest absolute Gasteiger partial charge is 0.0593 e. The largest absolute Gasteiger partial charge is 0.317 e. The summed E-state index contributed by atoms with van der Waals surface area (Å²) in [5, 5.41) is 7.70. The molecule has 0 atom stereocenters. The van der Waals surface area contributed by atoms with Crippen LogP contribution in [0.4, 0.5) is 0 Å². The molecule has 15 heavy (non-hydrogen) atoms. The summed E-state index contributed by atoms with van der Waals surface area (Å²) in [6, 6.07) is 2.06. The van der Waals surface area contributed by atoms with Crippen LogP contribution >= 0.6 is 0 Å². The molecular formula is C12H23N3. The van der Waals surface area contributed by atoms with Crippen molar-refractivity contribution in [2.75, 3.05) is 13.1 Å². The lowest BCUT2D eigenvalue weighted by Crippen LogP contribution is -2.13. The summed E-state index contributed by atoms with van der Waals surface area (Å²) in [5.41, 5.74) is 1.11. The van der Waals surface area contributed by atoms with E-state index >= 15 is 0 Å². The predicted octanol–water partition coefficient (Wildman–Crippen LogP) is 2.36. The third kappa shape index (κ3) is 5.57. The van der Waals surface area contributed by atoms with E-state index in [2.05, 4.69) is 29.6 Å². The molecular weight excluding hydrogens is 186 g/mol. The highest BCUT2D eigenvalue weighted by molar-refractivity contribution is 4.94. The van der Waals surface area contributed by atoms with E-state index in [1.165, 1.54) is 25.7 Å². The molecule has 1 N–H and O–H groups in total. The summed E-state index contributed by atoms with van der Waals surface area (Å²) in [4.78, 5) is 0. The van der Waals surface area contributed by atoms with Crippen molar-refractivity contribution in [3.8, 4) is 0 Å². The van der Waals surface area contributed by atoms with Crippen LogP contribution in [0.25, 0.3) is 0 Å². The van der Waals surface area contributed by atoms with Gasteiger partial charge in [0.05, 0.1) is 5.69 Å². The van der Waals surface area contributed by atoms with E-state index in [-0.39, 0.29) is 0 Å². The van der Waals surface area contributed by atoms with Gasteiger partial charge in [-0.2, -0.15) is 5.10 Å². The molecule has 0 bridgehead atoms. The Kier molecular flexibility index (Phi) is 6.09. The van der Waals surface area contributed by atoms with Crippen molar-refractivity contribution in [2.45, 2.75) is 46.1 Å². The lowest BCUT2D eigenvalue weighted by molar-refractivity contribution is 0.525. The molecule has 0 radical (unpaired) electrons. The quantitative estimate of drug-likeness (QED) is 0.666. The Bertz CT molecular complexity index is 255. The summed E-state index contributed by atoms with van der Waals surface area (Å²) in [6.07, 6.45) is 7.24. The van der Waals surface area contributed by atoms with Crippen LogP contribution in [0.3, 0.4) is 0 Å². The van der Waals surface area contributed by atoms with Crippen LogP contribution in [-0.2, 0) is 6.54 Å². The van der Waals surface area contributed by atoms with Crippen LogP contribution < -0.4 is 5.32 Å². The number of aryl methyl sites for hydroxylation is 2. The summed E-state index contributed by atoms with van der Waals surface area (Å²) >= 11 is 0. The first-order valence-electron chi connectivity index (χ1n) is 6.03. The lowest BCUT2D eigenvalue weighted by Gasteiger charge is -2.02. The molecule has 3 heteroatoms. The number of rotatable bonds is 8. The highest BCUT2D eigenvalue weighted by Gasteiger charge is 1.94. The van der Waals surface area contributed by atoms with Crippen LogP contribution in [0.15, 0.2) is 12.3 Å². The normalized spacial score (nSPS) is 10.8. The minimum atomic E-state index is 1.06. The number of aromatic nitrogens is 2. The number of unbranched alkanes of at least 4 members (excludes halogenated alkanes) is 3. The van der Waals surface area contributed by atoms with Gasteiger partial charge in [0.25, 0.3) is 0 Å². The molecule has 1 aromatic rings. The van der Waals surface area contributed by atoms with E-state index in [0.717, 1.165) is 25.3 Å². The van der Waals surface area contributed by atoms with Gasteiger partial charge >= 0.3 is 0 Å². The Hall–Kier alpha value is -0.830. The zero-order valence-electron chi connectivity index (χ0n) is 10.00. The molecule has 0 fully saturated rings. The maximum atomic E-state index is 4.36. The maximum absolute atomic E-state index is 4.36. The zero-order chi connectivity index (χ0) is 10.9. The Balaban J connectivity index is 1.93. The second-order valence-electron chi connectivity index (χ2n) is 3.99. The topological polar surface area (TPSA) is 29.9 Å². The fourth-order valence-corrected chi connectivity index (χ4v) is 1.64. The molecule has 0 unspecified atom stereocenters. The van der Waals surface area contributed by atoms with E-state index in [1.54, 1.807) is 0 Å². The van der Waals surface area contributed by atoms with Gasteiger partial charge in [-0.3, -0.25) is 4.68 Å². The molecule has 0 aliphatic rings. The average Bonchev–Trinajstić information content (AvgIpc) is 2.63. The van der Waals surface area contributed by atoms with Crippen LogP contribution in [0, 0.1) is 6.92 Å². The van der Waals surface area contributed by atoms with Gasteiger partial charge in [-0.15, -0.1) is 0 Å². The van der Waals surface area contributed by atoms with Crippen molar-refractivity contribution >= 4 is 0 Å². The number of nitrogens with one attached hydrogen (secondary N) is 1. The minimum Gasteiger partial charge on any atom is -0.317 e. The maximum Gasteiger partial charge on any atom is 0.0593 e. The standard InChI is InChI=1S/C12H23N3/c1-3-13-9-6-4-5-7-10-15-11-8-12(2)14-15/h8,11,13H,3-7,9-10H2,1-2H3. The minimum absolute atomic E-state index is 1.06. The summed E-state index contributed by atoms with van der Waals surface area (Å²) < 4.78 is 2.04. The van der Waals surface area contributed by atoms with Crippen molar-refractivity contribution in [3.05, 3.63) is 18.0 Å². The summed E-state index contributed by atoms with van der Waals surface area (Å²) in [6.45, 7) is 7.51. The van der Waals surface area contributed by atoms with Crippen LogP contribution in [0.5, 0.6) is 0 Å². The molecule has 86 valence electrons. The predicted molar refractivity (Wildman–Crippen MR) is 64.0 cm³/mol. The highest BCUT2D eigenvalue weighted by atomic mass is 15.3. The van der Waals surface area contributed by atoms with E-state index < -0.39 is 0 Å². The first kappa shape index (κ1) is 12.2. The summed E-state index contributed by atoms with van der Waals surface area (Å²) in [7, 11) is 0. The van der Waals surface area contributed by atoms with E-state index in [1.807, 2.05) is 11.6 Å². The molecule has 3 nitrogen and oxygen atoms in total. The van der Waals surface area contributed by atoms with Gasteiger partial charge in [0.2, 0.25) is 0 Å². The molecule has 0 saturated heterocycles. The molecule has 1 aromatic heterocycles. The Morgan fingerprint density at radius 1 is 1.27 bits per heavy atom. The lowest BCUT2D eigenvalue weighted by atomic mass is 10.2. The monoisotopic (exact) mass is 209 g/mol. The van der Waals surface area contributed by atoms with Crippen LogP contribution in [0.2, 0.25) is 0 Å². The van der Waals surface area contributed by atoms with Gasteiger partial charge in [0.1, 0.15) is 0 Å². The molecule has 1 heterocycles. The van der Waals surface area contributed by atoms with Gasteiger partial charge in [0, 0.05) is 12.7 Å². The second kappa shape index (κ2) is 7.46. The third-order valence-electron chi connectivity index (χ3n) is 2.51. The molecule has 0 aliphatic carbocycles. The Morgan fingerprint density at radius 2 is 2.07 bits per heavy atom. The highest BCUT2D eigenvalue weighted by Crippen LogP contribution is 2.02. The van der Waals surface area contributed by atoms with Crippen molar-refractivity contribution in [1.29, 1.82) is 0 Å². The Labute approximate surface area is 92.9 Å². The van der Waals surface area contributed by atoms with Gasteiger partial charge < -0.3 is 5.32 Å². The van der Waals surface area contributed by atoms with Gasteiger partial charge in [-0.05, 0) is 38.9 Å². The molecule has 0 aromatic carbocycles. The molecule has 0 aliphatic heterocycles. The molecule has 0 saturated carbocycles. The third-order valence-corrected chi connectivity index (χ3v) is 2.51. The fourth-order valence-electron chi connectivity index (χ4n) is 1.64.